The summed E-state index contributed by atoms with van der Waals surface area (Å²) >= 11 is 0. The SMILES string of the molecule is O=C(Nc1ccc(Cc2ccc(NC(=O)NC3CN3)cc2)cc1)NC1CN1. The Morgan fingerprint density at radius 2 is 1.11 bits per heavy atom. The normalized spacial score (nSPS) is 19.7. The molecule has 0 spiro atoms. The number of carbonyl (C=O) groups excluding carboxylic acids is 2. The lowest BCUT2D eigenvalue weighted by Crippen LogP contribution is -2.32. The monoisotopic (exact) mass is 366 g/mol. The molecule has 2 aromatic carbocycles. The largest absolute Gasteiger partial charge is 0.321 e. The van der Waals surface area contributed by atoms with Gasteiger partial charge in [-0.3, -0.25) is 10.6 Å². The van der Waals surface area contributed by atoms with Gasteiger partial charge in [0.25, 0.3) is 0 Å². The van der Waals surface area contributed by atoms with Gasteiger partial charge in [0.05, 0.1) is 12.3 Å². The Bertz CT molecular complexity index is 744. The van der Waals surface area contributed by atoms with Crippen LogP contribution in [-0.4, -0.2) is 37.5 Å². The molecule has 27 heavy (non-hydrogen) atoms. The molecule has 2 atom stereocenters. The number of anilines is 2. The van der Waals surface area contributed by atoms with Crippen LogP contribution in [0.2, 0.25) is 0 Å². The van der Waals surface area contributed by atoms with Gasteiger partial charge in [-0.05, 0) is 41.8 Å². The molecular weight excluding hydrogens is 344 g/mol. The van der Waals surface area contributed by atoms with Gasteiger partial charge in [0.1, 0.15) is 0 Å². The molecule has 4 amide bonds. The van der Waals surface area contributed by atoms with Crippen molar-refractivity contribution in [3.63, 3.8) is 0 Å². The van der Waals surface area contributed by atoms with Gasteiger partial charge in [-0.15, -0.1) is 0 Å². The zero-order valence-electron chi connectivity index (χ0n) is 14.7. The molecule has 4 rings (SSSR count). The number of hydrogen-bond donors (Lipinski definition) is 6. The van der Waals surface area contributed by atoms with Crippen molar-refractivity contribution in [1.82, 2.24) is 21.3 Å². The summed E-state index contributed by atoms with van der Waals surface area (Å²) in [5.41, 5.74) is 3.80. The Morgan fingerprint density at radius 1 is 0.741 bits per heavy atom. The second kappa shape index (κ2) is 7.65. The van der Waals surface area contributed by atoms with Crippen molar-refractivity contribution in [2.45, 2.75) is 18.8 Å². The maximum Gasteiger partial charge on any atom is 0.320 e. The minimum atomic E-state index is -0.206. The summed E-state index contributed by atoms with van der Waals surface area (Å²) in [6, 6.07) is 15.1. The standard InChI is InChI=1S/C19H22N6O2/c26-18(24-16-10-20-16)22-14-5-1-12(2-6-14)9-13-3-7-15(8-4-13)23-19(27)25-17-11-21-17/h1-8,16-17,20-21H,9-11H2,(H2,22,24,26)(H2,23,25,27). The molecule has 0 bridgehead atoms. The Hall–Kier alpha value is -3.10. The average Bonchev–Trinajstić information content (AvgIpc) is 3.56. The third-order valence-electron chi connectivity index (χ3n) is 4.26. The number of benzene rings is 2. The van der Waals surface area contributed by atoms with Gasteiger partial charge < -0.3 is 21.3 Å². The third kappa shape index (κ3) is 5.44. The van der Waals surface area contributed by atoms with Crippen LogP contribution in [0.5, 0.6) is 0 Å². The van der Waals surface area contributed by atoms with Crippen molar-refractivity contribution in [1.29, 1.82) is 0 Å². The van der Waals surface area contributed by atoms with Crippen molar-refractivity contribution in [3.05, 3.63) is 59.7 Å². The van der Waals surface area contributed by atoms with E-state index >= 15 is 0 Å². The first-order valence-electron chi connectivity index (χ1n) is 8.94. The van der Waals surface area contributed by atoms with Crippen LogP contribution in [0.15, 0.2) is 48.5 Å². The van der Waals surface area contributed by atoms with Gasteiger partial charge >= 0.3 is 12.1 Å². The molecule has 2 aliphatic heterocycles. The molecule has 0 radical (unpaired) electrons. The fourth-order valence-electron chi connectivity index (χ4n) is 2.62. The van der Waals surface area contributed by atoms with Crippen molar-refractivity contribution in [2.24, 2.45) is 0 Å². The molecule has 2 heterocycles. The predicted octanol–water partition coefficient (Wildman–Crippen LogP) is 1.38. The number of hydrogen-bond acceptors (Lipinski definition) is 4. The van der Waals surface area contributed by atoms with Crippen LogP contribution in [-0.2, 0) is 6.42 Å². The van der Waals surface area contributed by atoms with E-state index in [2.05, 4.69) is 31.9 Å². The minimum Gasteiger partial charge on any atom is -0.321 e. The summed E-state index contributed by atoms with van der Waals surface area (Å²) in [7, 11) is 0. The summed E-state index contributed by atoms with van der Waals surface area (Å²) in [5, 5.41) is 17.2. The molecule has 8 nitrogen and oxygen atoms in total. The first kappa shape index (κ1) is 17.3. The van der Waals surface area contributed by atoms with Crippen LogP contribution in [0.4, 0.5) is 21.0 Å². The van der Waals surface area contributed by atoms with Gasteiger partial charge in [0, 0.05) is 24.5 Å². The number of rotatable bonds is 6. The smallest absolute Gasteiger partial charge is 0.320 e. The maximum absolute atomic E-state index is 11.7. The second-order valence-electron chi connectivity index (χ2n) is 6.69. The Kier molecular flexibility index (Phi) is 4.91. The van der Waals surface area contributed by atoms with E-state index in [4.69, 9.17) is 0 Å². The lowest BCUT2D eigenvalue weighted by atomic mass is 10.0. The third-order valence-corrected chi connectivity index (χ3v) is 4.26. The van der Waals surface area contributed by atoms with Crippen molar-refractivity contribution in [2.75, 3.05) is 23.7 Å². The molecule has 140 valence electrons. The van der Waals surface area contributed by atoms with E-state index in [1.54, 1.807) is 0 Å². The molecule has 0 saturated carbocycles. The van der Waals surface area contributed by atoms with Gasteiger partial charge in [-0.25, -0.2) is 9.59 Å². The van der Waals surface area contributed by atoms with Crippen molar-refractivity contribution in [3.8, 4) is 0 Å². The predicted molar refractivity (Wildman–Crippen MR) is 104 cm³/mol. The molecule has 2 aromatic rings. The molecule has 0 aliphatic carbocycles. The molecule has 2 aliphatic rings. The van der Waals surface area contributed by atoms with Crippen LogP contribution < -0.4 is 31.9 Å². The fourth-order valence-corrected chi connectivity index (χ4v) is 2.62. The minimum absolute atomic E-state index is 0.0955. The molecule has 2 unspecified atom stereocenters. The fraction of sp³-hybridized carbons (Fsp3) is 0.263. The average molecular weight is 366 g/mol. The highest BCUT2D eigenvalue weighted by molar-refractivity contribution is 5.90. The van der Waals surface area contributed by atoms with E-state index in [-0.39, 0.29) is 24.4 Å². The van der Waals surface area contributed by atoms with Gasteiger partial charge in [0.15, 0.2) is 0 Å². The van der Waals surface area contributed by atoms with Crippen LogP contribution in [0, 0.1) is 0 Å². The molecule has 2 saturated heterocycles. The Balaban J connectivity index is 1.27. The highest BCUT2D eigenvalue weighted by atomic mass is 16.2. The molecular formula is C19H22N6O2. The Labute approximate surface area is 157 Å². The lowest BCUT2D eigenvalue weighted by molar-refractivity contribution is 0.250. The van der Waals surface area contributed by atoms with Gasteiger partial charge in [-0.2, -0.15) is 0 Å². The van der Waals surface area contributed by atoms with Gasteiger partial charge in [-0.1, -0.05) is 24.3 Å². The zero-order chi connectivity index (χ0) is 18.6. The summed E-state index contributed by atoms with van der Waals surface area (Å²) in [6.45, 7) is 1.64. The molecule has 8 heteroatoms. The summed E-state index contributed by atoms with van der Waals surface area (Å²) < 4.78 is 0. The Morgan fingerprint density at radius 3 is 1.44 bits per heavy atom. The number of urea groups is 2. The number of nitrogens with one attached hydrogen (secondary N) is 6. The maximum atomic E-state index is 11.7. The zero-order valence-corrected chi connectivity index (χ0v) is 14.7. The van der Waals surface area contributed by atoms with Crippen LogP contribution in [0.1, 0.15) is 11.1 Å². The van der Waals surface area contributed by atoms with E-state index in [0.717, 1.165) is 42.0 Å². The quantitative estimate of drug-likeness (QED) is 0.432. The number of carbonyl (C=O) groups is 2. The molecule has 6 N–H and O–H groups in total. The van der Waals surface area contributed by atoms with E-state index in [1.807, 2.05) is 48.5 Å². The van der Waals surface area contributed by atoms with Crippen LogP contribution in [0.25, 0.3) is 0 Å². The van der Waals surface area contributed by atoms with E-state index in [1.165, 1.54) is 0 Å². The van der Waals surface area contributed by atoms with E-state index in [0.29, 0.717) is 0 Å². The first-order chi connectivity index (χ1) is 13.1. The lowest BCUT2D eigenvalue weighted by Gasteiger charge is -2.09. The van der Waals surface area contributed by atoms with E-state index < -0.39 is 0 Å². The molecule has 2 fully saturated rings. The topological polar surface area (TPSA) is 126 Å². The first-order valence-corrected chi connectivity index (χ1v) is 8.94. The molecule has 0 aromatic heterocycles. The van der Waals surface area contributed by atoms with Crippen LogP contribution in [0.3, 0.4) is 0 Å². The van der Waals surface area contributed by atoms with Crippen LogP contribution >= 0.6 is 0 Å². The summed E-state index contributed by atoms with van der Waals surface area (Å²) in [4.78, 5) is 23.4. The summed E-state index contributed by atoms with van der Waals surface area (Å²) in [5.74, 6) is 0. The number of amides is 4. The van der Waals surface area contributed by atoms with Gasteiger partial charge in [0.2, 0.25) is 0 Å². The second-order valence-corrected chi connectivity index (χ2v) is 6.69. The highest BCUT2D eigenvalue weighted by Gasteiger charge is 2.22. The van der Waals surface area contributed by atoms with E-state index in [9.17, 15) is 9.59 Å². The van der Waals surface area contributed by atoms with Crippen molar-refractivity contribution >= 4 is 23.4 Å². The highest BCUT2D eigenvalue weighted by Crippen LogP contribution is 2.16. The van der Waals surface area contributed by atoms with Crippen molar-refractivity contribution < 1.29 is 9.59 Å². The summed E-state index contributed by atoms with van der Waals surface area (Å²) in [6.07, 6.45) is 0.966.